The molecule has 1 fully saturated rings. The molecule has 3 aromatic rings. The van der Waals surface area contributed by atoms with Crippen LogP contribution in [0.2, 0.25) is 0 Å². The van der Waals surface area contributed by atoms with Crippen LogP contribution in [0.15, 0.2) is 59.6 Å². The smallest absolute Gasteiger partial charge is 0.243 e. The van der Waals surface area contributed by atoms with Gasteiger partial charge in [0.15, 0.2) is 0 Å². The number of piperidine rings is 1. The zero-order valence-electron chi connectivity index (χ0n) is 21.9. The molecule has 1 aliphatic rings. The van der Waals surface area contributed by atoms with Crippen molar-refractivity contribution in [2.45, 2.75) is 43.5 Å². The second kappa shape index (κ2) is 12.8. The number of benzene rings is 2. The first-order valence-electron chi connectivity index (χ1n) is 13.0. The third-order valence-electron chi connectivity index (χ3n) is 7.10. The van der Waals surface area contributed by atoms with Gasteiger partial charge >= 0.3 is 0 Å². The number of hydrogen-bond donors (Lipinski definition) is 3. The fraction of sp³-hybridized carbons (Fsp3) is 0.429. The Hall–Kier alpha value is -2.82. The van der Waals surface area contributed by atoms with Crippen molar-refractivity contribution in [3.05, 3.63) is 65.9 Å². The molecule has 0 spiro atoms. The largest absolute Gasteiger partial charge is 0.361 e. The first-order valence-corrected chi connectivity index (χ1v) is 15.8. The van der Waals surface area contributed by atoms with Gasteiger partial charge in [0.25, 0.3) is 0 Å². The number of para-hydroxylation sites is 1. The second-order valence-electron chi connectivity index (χ2n) is 9.73. The summed E-state index contributed by atoms with van der Waals surface area (Å²) in [5.41, 5.74) is 3.20. The lowest BCUT2D eigenvalue weighted by Crippen LogP contribution is -2.50. The number of aromatic nitrogens is 1. The van der Waals surface area contributed by atoms with E-state index >= 15 is 0 Å². The molecule has 8 nitrogen and oxygen atoms in total. The predicted molar refractivity (Wildman–Crippen MR) is 153 cm³/mol. The molecule has 0 radical (unpaired) electrons. The molecule has 1 atom stereocenters. The number of nitrogens with one attached hydrogen (secondary N) is 3. The van der Waals surface area contributed by atoms with Gasteiger partial charge in [-0.25, -0.2) is 8.42 Å². The maximum atomic E-state index is 13.1. The van der Waals surface area contributed by atoms with Crippen LogP contribution in [0.25, 0.3) is 10.9 Å². The topological polar surface area (TPSA) is 111 Å². The van der Waals surface area contributed by atoms with E-state index in [1.807, 2.05) is 37.6 Å². The van der Waals surface area contributed by atoms with Crippen LogP contribution in [0.4, 0.5) is 0 Å². The third kappa shape index (κ3) is 6.78. The summed E-state index contributed by atoms with van der Waals surface area (Å²) in [5.74, 6) is 0.0470. The number of carbonyl (C=O) groups excluding carboxylic acids is 2. The van der Waals surface area contributed by atoms with Gasteiger partial charge in [0, 0.05) is 42.7 Å². The van der Waals surface area contributed by atoms with Crippen LogP contribution >= 0.6 is 11.8 Å². The zero-order valence-corrected chi connectivity index (χ0v) is 23.5. The highest BCUT2D eigenvalue weighted by atomic mass is 32.2. The van der Waals surface area contributed by atoms with Crippen LogP contribution in [0, 0.1) is 12.8 Å². The van der Waals surface area contributed by atoms with Crippen molar-refractivity contribution in [1.29, 1.82) is 0 Å². The summed E-state index contributed by atoms with van der Waals surface area (Å²) in [6, 6.07) is 14.3. The number of carbonyl (C=O) groups is 2. The molecule has 38 heavy (non-hydrogen) atoms. The number of amides is 2. The maximum Gasteiger partial charge on any atom is 0.243 e. The Morgan fingerprint density at radius 3 is 2.53 bits per heavy atom. The lowest BCUT2D eigenvalue weighted by atomic mass is 9.96. The first kappa shape index (κ1) is 28.2. The fourth-order valence-electron chi connectivity index (χ4n) is 4.79. The molecular formula is C28H36N4O4S2. The molecule has 10 heteroatoms. The van der Waals surface area contributed by atoms with E-state index in [0.717, 1.165) is 27.8 Å². The van der Waals surface area contributed by atoms with Gasteiger partial charge in [-0.2, -0.15) is 16.1 Å². The van der Waals surface area contributed by atoms with Crippen LogP contribution in [0.1, 0.15) is 30.4 Å². The van der Waals surface area contributed by atoms with Crippen molar-refractivity contribution < 1.29 is 18.0 Å². The van der Waals surface area contributed by atoms with E-state index in [9.17, 15) is 18.0 Å². The van der Waals surface area contributed by atoms with E-state index in [1.54, 1.807) is 36.0 Å². The van der Waals surface area contributed by atoms with Crippen molar-refractivity contribution in [2.75, 3.05) is 31.6 Å². The quantitative estimate of drug-likeness (QED) is 0.335. The molecule has 3 N–H and O–H groups in total. The van der Waals surface area contributed by atoms with Gasteiger partial charge in [-0.3, -0.25) is 9.59 Å². The molecule has 2 amide bonds. The van der Waals surface area contributed by atoms with E-state index in [2.05, 4.69) is 21.7 Å². The Kier molecular flexibility index (Phi) is 9.51. The van der Waals surface area contributed by atoms with Crippen LogP contribution in [-0.4, -0.2) is 67.2 Å². The molecule has 0 unspecified atom stereocenters. The average Bonchev–Trinajstić information content (AvgIpc) is 3.34. The van der Waals surface area contributed by atoms with Crippen LogP contribution in [0.3, 0.4) is 0 Å². The summed E-state index contributed by atoms with van der Waals surface area (Å²) in [5, 5.41) is 7.08. The normalized spacial score (nSPS) is 15.8. The van der Waals surface area contributed by atoms with Gasteiger partial charge < -0.3 is 15.6 Å². The Morgan fingerprint density at radius 1 is 1.11 bits per heavy atom. The Morgan fingerprint density at radius 2 is 1.82 bits per heavy atom. The molecule has 204 valence electrons. The molecule has 2 heterocycles. The number of aromatic amines is 1. The fourth-order valence-corrected chi connectivity index (χ4v) is 6.73. The Balaban J connectivity index is 1.29. The first-order chi connectivity index (χ1) is 18.3. The SMILES string of the molecule is CSCC[C@H](NC(=O)C1CCN(S(=O)(=O)c2ccc(C)cc2)CC1)C(=O)NCCc1c[nH]c2ccccc12. The van der Waals surface area contributed by atoms with Crippen molar-refractivity contribution in [1.82, 2.24) is 19.9 Å². The summed E-state index contributed by atoms with van der Waals surface area (Å²) in [4.78, 5) is 29.6. The van der Waals surface area contributed by atoms with Crippen molar-refractivity contribution in [2.24, 2.45) is 5.92 Å². The van der Waals surface area contributed by atoms with E-state index in [0.29, 0.717) is 32.2 Å². The summed E-state index contributed by atoms with van der Waals surface area (Å²) in [6.45, 7) is 2.94. The Labute approximate surface area is 229 Å². The molecule has 1 aromatic heterocycles. The molecule has 2 aromatic carbocycles. The molecule has 1 saturated heterocycles. The lowest BCUT2D eigenvalue weighted by Gasteiger charge is -2.31. The molecule has 0 bridgehead atoms. The molecule has 0 aliphatic carbocycles. The van der Waals surface area contributed by atoms with Crippen LogP contribution in [0.5, 0.6) is 0 Å². The van der Waals surface area contributed by atoms with E-state index in [1.165, 1.54) is 4.31 Å². The molecule has 1 aliphatic heterocycles. The van der Waals surface area contributed by atoms with E-state index < -0.39 is 16.1 Å². The monoisotopic (exact) mass is 556 g/mol. The number of rotatable bonds is 11. The lowest BCUT2D eigenvalue weighted by molar-refractivity contribution is -0.131. The van der Waals surface area contributed by atoms with Gasteiger partial charge in [0.05, 0.1) is 4.90 Å². The van der Waals surface area contributed by atoms with Crippen molar-refractivity contribution >= 4 is 44.5 Å². The minimum Gasteiger partial charge on any atom is -0.361 e. The van der Waals surface area contributed by atoms with Crippen LogP contribution < -0.4 is 10.6 Å². The minimum absolute atomic E-state index is 0.185. The van der Waals surface area contributed by atoms with Gasteiger partial charge in [-0.05, 0) is 68.4 Å². The number of sulfonamides is 1. The minimum atomic E-state index is -3.59. The van der Waals surface area contributed by atoms with Gasteiger partial charge in [0.2, 0.25) is 21.8 Å². The highest BCUT2D eigenvalue weighted by molar-refractivity contribution is 7.98. The second-order valence-corrected chi connectivity index (χ2v) is 12.7. The highest BCUT2D eigenvalue weighted by Crippen LogP contribution is 2.24. The predicted octanol–water partition coefficient (Wildman–Crippen LogP) is 3.47. The van der Waals surface area contributed by atoms with Crippen molar-refractivity contribution in [3.63, 3.8) is 0 Å². The van der Waals surface area contributed by atoms with Gasteiger partial charge in [-0.15, -0.1) is 0 Å². The number of fused-ring (bicyclic) bond motifs is 1. The molecule has 0 saturated carbocycles. The van der Waals surface area contributed by atoms with Gasteiger partial charge in [-0.1, -0.05) is 35.9 Å². The number of hydrogen-bond acceptors (Lipinski definition) is 5. The van der Waals surface area contributed by atoms with E-state index in [-0.39, 0.29) is 35.7 Å². The number of thioether (sulfide) groups is 1. The number of nitrogens with zero attached hydrogens (tertiary/aromatic N) is 1. The summed E-state index contributed by atoms with van der Waals surface area (Å²) < 4.78 is 27.4. The van der Waals surface area contributed by atoms with Crippen molar-refractivity contribution in [3.8, 4) is 0 Å². The van der Waals surface area contributed by atoms with Gasteiger partial charge in [0.1, 0.15) is 6.04 Å². The molecular weight excluding hydrogens is 520 g/mol. The van der Waals surface area contributed by atoms with Crippen LogP contribution in [-0.2, 0) is 26.0 Å². The average molecular weight is 557 g/mol. The summed E-state index contributed by atoms with van der Waals surface area (Å²) in [6.07, 6.45) is 6.01. The number of H-pyrrole nitrogens is 1. The zero-order chi connectivity index (χ0) is 27.1. The number of aryl methyl sites for hydroxylation is 1. The maximum absolute atomic E-state index is 13.1. The summed E-state index contributed by atoms with van der Waals surface area (Å²) >= 11 is 1.63. The van der Waals surface area contributed by atoms with E-state index in [4.69, 9.17) is 0 Å². The molecule has 4 rings (SSSR count). The summed E-state index contributed by atoms with van der Waals surface area (Å²) in [7, 11) is -3.59. The third-order valence-corrected chi connectivity index (χ3v) is 9.65. The standard InChI is InChI=1S/C28H36N4O4S2/c1-20-7-9-23(10-8-20)38(35,36)32-16-12-21(13-17-32)27(33)31-26(14-18-37-2)28(34)29-15-11-22-19-30-25-6-4-3-5-24(22)25/h3-10,19,21,26,30H,11-18H2,1-2H3,(H,29,34)(H,31,33)/t26-/m0/s1. The highest BCUT2D eigenvalue weighted by Gasteiger charge is 2.33. The Bertz CT molecular complexity index is 1350.